The van der Waals surface area contributed by atoms with E-state index in [1.165, 1.54) is 0 Å². The summed E-state index contributed by atoms with van der Waals surface area (Å²) >= 11 is 0. The van der Waals surface area contributed by atoms with Gasteiger partial charge in [0.25, 0.3) is 11.8 Å². The van der Waals surface area contributed by atoms with Crippen molar-refractivity contribution in [3.63, 3.8) is 0 Å². The molecule has 0 bridgehead atoms. The molecule has 3 aromatic rings. The van der Waals surface area contributed by atoms with Crippen LogP contribution in [0.3, 0.4) is 0 Å². The average molecular weight is 418 g/mol. The third-order valence-electron chi connectivity index (χ3n) is 4.89. The molecule has 0 saturated heterocycles. The van der Waals surface area contributed by atoms with Gasteiger partial charge in [-0.1, -0.05) is 42.5 Å². The summed E-state index contributed by atoms with van der Waals surface area (Å²) in [5.74, 6) is -0.240. The summed E-state index contributed by atoms with van der Waals surface area (Å²) in [6.45, 7) is 1.66. The van der Waals surface area contributed by atoms with Gasteiger partial charge in [0, 0.05) is 31.4 Å². The lowest BCUT2D eigenvalue weighted by molar-refractivity contribution is 0.0952. The summed E-state index contributed by atoms with van der Waals surface area (Å²) in [4.78, 5) is 26.2. The van der Waals surface area contributed by atoms with Gasteiger partial charge in [0.1, 0.15) is 12.4 Å². The van der Waals surface area contributed by atoms with Gasteiger partial charge in [0.05, 0.1) is 5.56 Å². The number of nitrogens with zero attached hydrogens (tertiary/aromatic N) is 1. The Balaban J connectivity index is 1.49. The van der Waals surface area contributed by atoms with Crippen molar-refractivity contribution in [1.82, 2.24) is 5.32 Å². The highest BCUT2D eigenvalue weighted by atomic mass is 16.5. The van der Waals surface area contributed by atoms with Crippen molar-refractivity contribution in [1.29, 1.82) is 0 Å². The third-order valence-corrected chi connectivity index (χ3v) is 4.89. The maximum Gasteiger partial charge on any atom is 0.252 e. The molecular formula is C25H27N3O3. The first-order valence-electron chi connectivity index (χ1n) is 10.2. The summed E-state index contributed by atoms with van der Waals surface area (Å²) in [6, 6.07) is 24.2. The van der Waals surface area contributed by atoms with Gasteiger partial charge < -0.3 is 20.7 Å². The fraction of sp³-hybridized carbons (Fsp3) is 0.200. The minimum atomic E-state index is -0.540. The van der Waals surface area contributed by atoms with Crippen molar-refractivity contribution in [2.75, 3.05) is 25.0 Å². The number of benzene rings is 3. The number of anilines is 1. The molecule has 0 unspecified atom stereocenters. The van der Waals surface area contributed by atoms with Crippen LogP contribution in [0, 0.1) is 0 Å². The van der Waals surface area contributed by atoms with Gasteiger partial charge in [-0.05, 0) is 48.4 Å². The predicted molar refractivity (Wildman–Crippen MR) is 122 cm³/mol. The minimum Gasteiger partial charge on any atom is -0.488 e. The molecule has 6 nitrogen and oxygen atoms in total. The molecule has 2 amide bonds. The number of nitrogens with two attached hydrogens (primary N) is 1. The Labute approximate surface area is 182 Å². The minimum absolute atomic E-state index is 0.123. The number of hydrogen-bond donors (Lipinski definition) is 2. The second-order valence-corrected chi connectivity index (χ2v) is 7.22. The van der Waals surface area contributed by atoms with Crippen LogP contribution >= 0.6 is 0 Å². The number of carbonyl (C=O) groups is 2. The molecule has 160 valence electrons. The SMILES string of the molecule is CN(CCCNC(=O)c1cccc(COc2ccccc2C(N)=O)c1)c1ccccc1. The van der Waals surface area contributed by atoms with Crippen LogP contribution in [0.1, 0.15) is 32.7 Å². The van der Waals surface area contributed by atoms with Crippen LogP contribution in [0.5, 0.6) is 5.75 Å². The molecule has 3 aromatic carbocycles. The van der Waals surface area contributed by atoms with Crippen molar-refractivity contribution in [2.45, 2.75) is 13.0 Å². The van der Waals surface area contributed by atoms with E-state index in [4.69, 9.17) is 10.5 Å². The Hall–Kier alpha value is -3.80. The van der Waals surface area contributed by atoms with Crippen LogP contribution in [0.25, 0.3) is 0 Å². The van der Waals surface area contributed by atoms with Crippen molar-refractivity contribution >= 4 is 17.5 Å². The summed E-state index contributed by atoms with van der Waals surface area (Å²) in [6.07, 6.45) is 0.837. The molecule has 0 spiro atoms. The van der Waals surface area contributed by atoms with E-state index in [1.54, 1.807) is 36.4 Å². The number of nitrogens with one attached hydrogen (secondary N) is 1. The summed E-state index contributed by atoms with van der Waals surface area (Å²) in [5, 5.41) is 2.96. The van der Waals surface area contributed by atoms with Crippen LogP contribution in [-0.2, 0) is 6.61 Å². The standard InChI is InChI=1S/C25H27N3O3/c1-28(21-11-3-2-4-12-21)16-8-15-27-25(30)20-10-7-9-19(17-20)18-31-23-14-6-5-13-22(23)24(26)29/h2-7,9-14,17H,8,15-16,18H2,1H3,(H2,26,29)(H,27,30). The van der Waals surface area contributed by atoms with Gasteiger partial charge in [-0.2, -0.15) is 0 Å². The van der Waals surface area contributed by atoms with E-state index in [9.17, 15) is 9.59 Å². The van der Waals surface area contributed by atoms with E-state index < -0.39 is 5.91 Å². The van der Waals surface area contributed by atoms with Gasteiger partial charge in [-0.3, -0.25) is 9.59 Å². The number of carbonyl (C=O) groups excluding carboxylic acids is 2. The maximum atomic E-state index is 12.5. The van der Waals surface area contributed by atoms with E-state index in [0.29, 0.717) is 23.4 Å². The molecule has 6 heteroatoms. The smallest absolute Gasteiger partial charge is 0.252 e. The Morgan fingerprint density at radius 1 is 0.968 bits per heavy atom. The van der Waals surface area contributed by atoms with Crippen LogP contribution in [0.15, 0.2) is 78.9 Å². The lowest BCUT2D eigenvalue weighted by Gasteiger charge is -2.19. The monoisotopic (exact) mass is 417 g/mol. The number of ether oxygens (including phenoxy) is 1. The summed E-state index contributed by atoms with van der Waals surface area (Å²) < 4.78 is 5.75. The number of primary amides is 1. The quantitative estimate of drug-likeness (QED) is 0.494. The second kappa shape index (κ2) is 10.8. The molecule has 0 radical (unpaired) electrons. The molecule has 0 heterocycles. The van der Waals surface area contributed by atoms with E-state index in [0.717, 1.165) is 24.2 Å². The van der Waals surface area contributed by atoms with Crippen molar-refractivity contribution in [2.24, 2.45) is 5.73 Å². The van der Waals surface area contributed by atoms with E-state index in [-0.39, 0.29) is 12.5 Å². The molecule has 0 aliphatic heterocycles. The average Bonchev–Trinajstić information content (AvgIpc) is 2.81. The second-order valence-electron chi connectivity index (χ2n) is 7.22. The first-order chi connectivity index (χ1) is 15.0. The lowest BCUT2D eigenvalue weighted by Crippen LogP contribution is -2.28. The molecule has 3 N–H and O–H groups in total. The van der Waals surface area contributed by atoms with Crippen LogP contribution in [0.4, 0.5) is 5.69 Å². The van der Waals surface area contributed by atoms with Gasteiger partial charge in [-0.25, -0.2) is 0 Å². The Bertz CT molecular complexity index is 1020. The molecule has 0 saturated carbocycles. The summed E-state index contributed by atoms with van der Waals surface area (Å²) in [7, 11) is 2.04. The van der Waals surface area contributed by atoms with Crippen molar-refractivity contribution in [3.05, 3.63) is 95.6 Å². The van der Waals surface area contributed by atoms with E-state index in [2.05, 4.69) is 22.3 Å². The molecule has 0 aromatic heterocycles. The van der Waals surface area contributed by atoms with Crippen LogP contribution < -0.4 is 20.7 Å². The van der Waals surface area contributed by atoms with E-state index >= 15 is 0 Å². The fourth-order valence-electron chi connectivity index (χ4n) is 3.19. The highest BCUT2D eigenvalue weighted by Crippen LogP contribution is 2.19. The zero-order chi connectivity index (χ0) is 22.1. The predicted octanol–water partition coefficient (Wildman–Crippen LogP) is 3.62. The number of para-hydroxylation sites is 2. The first kappa shape index (κ1) is 21.9. The molecular weight excluding hydrogens is 390 g/mol. The van der Waals surface area contributed by atoms with Crippen LogP contribution in [-0.4, -0.2) is 32.0 Å². The van der Waals surface area contributed by atoms with Gasteiger partial charge in [0.15, 0.2) is 0 Å². The number of rotatable bonds is 10. The molecule has 0 aliphatic rings. The molecule has 0 atom stereocenters. The maximum absolute atomic E-state index is 12.5. The zero-order valence-corrected chi connectivity index (χ0v) is 17.6. The summed E-state index contributed by atoms with van der Waals surface area (Å²) in [5.41, 5.74) is 8.26. The van der Waals surface area contributed by atoms with E-state index in [1.807, 2.05) is 37.4 Å². The Morgan fingerprint density at radius 2 is 1.71 bits per heavy atom. The Morgan fingerprint density at radius 3 is 2.48 bits per heavy atom. The van der Waals surface area contributed by atoms with Gasteiger partial charge >= 0.3 is 0 Å². The highest BCUT2D eigenvalue weighted by molar-refractivity contribution is 5.95. The normalized spacial score (nSPS) is 10.4. The third kappa shape index (κ3) is 6.34. The zero-order valence-electron chi connectivity index (χ0n) is 17.6. The number of amides is 2. The van der Waals surface area contributed by atoms with Crippen molar-refractivity contribution < 1.29 is 14.3 Å². The lowest BCUT2D eigenvalue weighted by atomic mass is 10.1. The van der Waals surface area contributed by atoms with Gasteiger partial charge in [0.2, 0.25) is 0 Å². The largest absolute Gasteiger partial charge is 0.488 e. The van der Waals surface area contributed by atoms with Crippen LogP contribution in [0.2, 0.25) is 0 Å². The Kier molecular flexibility index (Phi) is 7.65. The molecule has 3 rings (SSSR count). The fourth-order valence-corrected chi connectivity index (χ4v) is 3.19. The highest BCUT2D eigenvalue weighted by Gasteiger charge is 2.10. The first-order valence-corrected chi connectivity index (χ1v) is 10.2. The van der Waals surface area contributed by atoms with Gasteiger partial charge in [-0.15, -0.1) is 0 Å². The topological polar surface area (TPSA) is 84.7 Å². The molecule has 0 fully saturated rings. The number of hydrogen-bond acceptors (Lipinski definition) is 4. The molecule has 0 aliphatic carbocycles. The molecule has 31 heavy (non-hydrogen) atoms. The van der Waals surface area contributed by atoms with Crippen molar-refractivity contribution in [3.8, 4) is 5.75 Å².